The summed E-state index contributed by atoms with van der Waals surface area (Å²) in [5.41, 5.74) is 2.51. The molecule has 120 valence electrons. The van der Waals surface area contributed by atoms with Crippen molar-refractivity contribution in [1.29, 1.82) is 0 Å². The number of aliphatic hydroxyl groups excluding tert-OH is 1. The second kappa shape index (κ2) is 8.98. The van der Waals surface area contributed by atoms with E-state index >= 15 is 0 Å². The van der Waals surface area contributed by atoms with Crippen molar-refractivity contribution in [3.05, 3.63) is 76.3 Å². The van der Waals surface area contributed by atoms with Crippen LogP contribution in [-0.2, 0) is 18.0 Å². The van der Waals surface area contributed by atoms with E-state index in [1.807, 2.05) is 42.5 Å². The summed E-state index contributed by atoms with van der Waals surface area (Å²) in [6, 6.07) is 14.9. The number of benzene rings is 2. The van der Waals surface area contributed by atoms with Crippen LogP contribution < -0.4 is 5.32 Å². The number of amides is 1. The molecule has 2 rings (SSSR count). The summed E-state index contributed by atoms with van der Waals surface area (Å²) in [5.74, 6) is 0. The molecule has 0 aliphatic rings. The van der Waals surface area contributed by atoms with Crippen LogP contribution in [-0.4, -0.2) is 17.7 Å². The average molecular weight is 332 g/mol. The van der Waals surface area contributed by atoms with Gasteiger partial charge in [0.15, 0.2) is 0 Å². The molecule has 0 radical (unpaired) electrons. The van der Waals surface area contributed by atoms with Crippen molar-refractivity contribution < 1.29 is 14.6 Å². The standard InChI is InChI=1S/C18H18ClNO3/c19-17-9-8-14(11-16(17)12-21)7-4-10-20-18(22)23-13-15-5-2-1-3-6-15/h1-9,11,21H,10,12-13H2,(H,20,22). The second-order valence-electron chi connectivity index (χ2n) is 4.85. The number of alkyl carbamates (subject to hydrolysis) is 1. The average Bonchev–Trinajstić information content (AvgIpc) is 2.59. The molecule has 0 fully saturated rings. The Labute approximate surface area is 140 Å². The highest BCUT2D eigenvalue weighted by Crippen LogP contribution is 2.18. The smallest absolute Gasteiger partial charge is 0.407 e. The molecule has 0 heterocycles. The summed E-state index contributed by atoms with van der Waals surface area (Å²) >= 11 is 5.93. The first-order valence-corrected chi connectivity index (χ1v) is 7.57. The van der Waals surface area contributed by atoms with E-state index in [2.05, 4.69) is 5.32 Å². The van der Waals surface area contributed by atoms with Gasteiger partial charge < -0.3 is 15.2 Å². The molecule has 23 heavy (non-hydrogen) atoms. The molecule has 0 atom stereocenters. The molecule has 0 bridgehead atoms. The lowest BCUT2D eigenvalue weighted by Crippen LogP contribution is -2.24. The minimum Gasteiger partial charge on any atom is -0.445 e. The molecule has 0 aliphatic heterocycles. The fraction of sp³-hybridized carbons (Fsp3) is 0.167. The van der Waals surface area contributed by atoms with Gasteiger partial charge in [-0.25, -0.2) is 4.79 Å². The van der Waals surface area contributed by atoms with Gasteiger partial charge in [-0.15, -0.1) is 0 Å². The third-order valence-corrected chi connectivity index (χ3v) is 3.50. The zero-order chi connectivity index (χ0) is 16.5. The van der Waals surface area contributed by atoms with E-state index in [-0.39, 0.29) is 13.2 Å². The van der Waals surface area contributed by atoms with E-state index in [0.29, 0.717) is 17.1 Å². The van der Waals surface area contributed by atoms with Crippen LogP contribution in [0.5, 0.6) is 0 Å². The van der Waals surface area contributed by atoms with Gasteiger partial charge in [-0.3, -0.25) is 0 Å². The van der Waals surface area contributed by atoms with E-state index in [4.69, 9.17) is 21.4 Å². The summed E-state index contributed by atoms with van der Waals surface area (Å²) in [6.07, 6.45) is 3.17. The van der Waals surface area contributed by atoms with E-state index < -0.39 is 6.09 Å². The van der Waals surface area contributed by atoms with Crippen molar-refractivity contribution in [1.82, 2.24) is 5.32 Å². The molecular weight excluding hydrogens is 314 g/mol. The topological polar surface area (TPSA) is 58.6 Å². The van der Waals surface area contributed by atoms with Gasteiger partial charge in [-0.1, -0.05) is 60.2 Å². The van der Waals surface area contributed by atoms with Crippen LogP contribution >= 0.6 is 11.6 Å². The SMILES string of the molecule is O=C(NCC=Cc1ccc(Cl)c(CO)c1)OCc1ccccc1. The van der Waals surface area contributed by atoms with Crippen LogP contribution in [0.2, 0.25) is 5.02 Å². The zero-order valence-corrected chi connectivity index (χ0v) is 13.3. The molecule has 0 unspecified atom stereocenters. The van der Waals surface area contributed by atoms with Gasteiger partial charge in [-0.05, 0) is 28.8 Å². The van der Waals surface area contributed by atoms with Crippen molar-refractivity contribution in [3.8, 4) is 0 Å². The fourth-order valence-corrected chi connectivity index (χ4v) is 2.11. The van der Waals surface area contributed by atoms with E-state index in [1.165, 1.54) is 0 Å². The van der Waals surface area contributed by atoms with E-state index in [0.717, 1.165) is 11.1 Å². The number of halogens is 1. The summed E-state index contributed by atoms with van der Waals surface area (Å²) in [7, 11) is 0. The molecule has 4 nitrogen and oxygen atoms in total. The van der Waals surface area contributed by atoms with Crippen LogP contribution in [0.4, 0.5) is 4.79 Å². The third kappa shape index (κ3) is 5.77. The lowest BCUT2D eigenvalue weighted by Gasteiger charge is -2.05. The number of ether oxygens (including phenoxy) is 1. The van der Waals surface area contributed by atoms with Gasteiger partial charge in [0.25, 0.3) is 0 Å². The quantitative estimate of drug-likeness (QED) is 0.847. The Kier molecular flexibility index (Phi) is 6.66. The highest BCUT2D eigenvalue weighted by atomic mass is 35.5. The number of carbonyl (C=O) groups excluding carboxylic acids is 1. The number of hydrogen-bond acceptors (Lipinski definition) is 3. The predicted molar refractivity (Wildman–Crippen MR) is 91.0 cm³/mol. The Hall–Kier alpha value is -2.30. The van der Waals surface area contributed by atoms with Crippen molar-refractivity contribution in [2.45, 2.75) is 13.2 Å². The molecule has 0 aliphatic carbocycles. The molecule has 0 saturated carbocycles. The molecule has 2 N–H and O–H groups in total. The van der Waals surface area contributed by atoms with Crippen LogP contribution in [0, 0.1) is 0 Å². The Morgan fingerprint density at radius 1 is 1.22 bits per heavy atom. The van der Waals surface area contributed by atoms with Crippen LogP contribution in [0.25, 0.3) is 6.08 Å². The van der Waals surface area contributed by atoms with Gasteiger partial charge in [0.1, 0.15) is 6.61 Å². The van der Waals surface area contributed by atoms with Crippen molar-refractivity contribution in [2.24, 2.45) is 0 Å². The number of nitrogens with one attached hydrogen (secondary N) is 1. The van der Waals surface area contributed by atoms with Gasteiger partial charge >= 0.3 is 6.09 Å². The van der Waals surface area contributed by atoms with Gasteiger partial charge in [0.2, 0.25) is 0 Å². The number of rotatable bonds is 6. The van der Waals surface area contributed by atoms with Crippen LogP contribution in [0.1, 0.15) is 16.7 Å². The molecule has 1 amide bonds. The van der Waals surface area contributed by atoms with Crippen molar-refractivity contribution in [2.75, 3.05) is 6.54 Å². The third-order valence-electron chi connectivity index (χ3n) is 3.13. The maximum Gasteiger partial charge on any atom is 0.407 e. The summed E-state index contributed by atoms with van der Waals surface area (Å²) < 4.78 is 5.10. The monoisotopic (exact) mass is 331 g/mol. The number of aliphatic hydroxyl groups is 1. The molecular formula is C18H18ClNO3. The normalized spacial score (nSPS) is 10.7. The molecule has 0 aromatic heterocycles. The van der Waals surface area contributed by atoms with Gasteiger partial charge in [0, 0.05) is 11.6 Å². The molecule has 0 spiro atoms. The minimum absolute atomic E-state index is 0.107. The lowest BCUT2D eigenvalue weighted by atomic mass is 10.1. The Bertz CT molecular complexity index is 671. The Morgan fingerprint density at radius 2 is 2.00 bits per heavy atom. The van der Waals surface area contributed by atoms with Crippen molar-refractivity contribution >= 4 is 23.8 Å². The van der Waals surface area contributed by atoms with Crippen LogP contribution in [0.15, 0.2) is 54.6 Å². The van der Waals surface area contributed by atoms with Crippen molar-refractivity contribution in [3.63, 3.8) is 0 Å². The zero-order valence-electron chi connectivity index (χ0n) is 12.5. The van der Waals surface area contributed by atoms with Gasteiger partial charge in [-0.2, -0.15) is 0 Å². The number of carbonyl (C=O) groups is 1. The summed E-state index contributed by atoms with van der Waals surface area (Å²) in [4.78, 5) is 11.6. The minimum atomic E-state index is -0.467. The maximum atomic E-state index is 11.6. The first-order valence-electron chi connectivity index (χ1n) is 7.19. The summed E-state index contributed by atoms with van der Waals surface area (Å²) in [6.45, 7) is 0.489. The number of hydrogen-bond donors (Lipinski definition) is 2. The summed E-state index contributed by atoms with van der Waals surface area (Å²) in [5, 5.41) is 12.3. The Balaban J connectivity index is 1.74. The molecule has 0 saturated heterocycles. The van der Waals surface area contributed by atoms with Crippen LogP contribution in [0.3, 0.4) is 0 Å². The van der Waals surface area contributed by atoms with Gasteiger partial charge in [0.05, 0.1) is 6.61 Å². The fourth-order valence-electron chi connectivity index (χ4n) is 1.93. The highest BCUT2D eigenvalue weighted by Gasteiger charge is 2.01. The second-order valence-corrected chi connectivity index (χ2v) is 5.26. The molecule has 2 aromatic carbocycles. The van der Waals surface area contributed by atoms with E-state index in [9.17, 15) is 4.79 Å². The highest BCUT2D eigenvalue weighted by molar-refractivity contribution is 6.31. The predicted octanol–water partition coefficient (Wildman–Crippen LogP) is 3.77. The Morgan fingerprint density at radius 3 is 2.74 bits per heavy atom. The molecule has 5 heteroatoms. The largest absolute Gasteiger partial charge is 0.445 e. The van der Waals surface area contributed by atoms with E-state index in [1.54, 1.807) is 18.2 Å². The first kappa shape index (κ1) is 17.1. The lowest BCUT2D eigenvalue weighted by molar-refractivity contribution is 0.141. The first-order chi connectivity index (χ1) is 11.2. The molecule has 2 aromatic rings. The maximum absolute atomic E-state index is 11.6.